The Morgan fingerprint density at radius 2 is 1.00 bits per heavy atom. The second-order valence-corrected chi connectivity index (χ2v) is 14.9. The maximum absolute atomic E-state index is 13.3. The predicted molar refractivity (Wildman–Crippen MR) is 160 cm³/mol. The topological polar surface area (TPSA) is 110 Å². The molecule has 0 unspecified atom stereocenters. The van der Waals surface area contributed by atoms with Crippen LogP contribution in [-0.4, -0.2) is 33.8 Å². The van der Waals surface area contributed by atoms with Crippen LogP contribution in [-0.2, 0) is 31.2 Å². The molecule has 0 fully saturated rings. The summed E-state index contributed by atoms with van der Waals surface area (Å²) >= 11 is 0. The molecule has 2 aromatic rings. The lowest BCUT2D eigenvalue weighted by molar-refractivity contribution is -0.513. The lowest BCUT2D eigenvalue weighted by Crippen LogP contribution is -2.38. The van der Waals surface area contributed by atoms with E-state index in [0.717, 1.165) is 0 Å². The standard InChI is InChI=1S/C33H49NO6/c1-14-40-29(37)26(34(38)39)25(19-15-21(30(2,3)4)27(35)22(16-19)31(5,6)7)20-17-23(32(8,9)10)28(36)24(18-20)33(11,12)13/h15-18,25-26,35-36H,14H2,1-13H3/t26-/m0/s1. The minimum absolute atomic E-state index is 0.00200. The molecular formula is C33H49NO6. The van der Waals surface area contributed by atoms with Gasteiger partial charge in [0.1, 0.15) is 11.5 Å². The number of nitro groups is 1. The summed E-state index contributed by atoms with van der Waals surface area (Å²) in [5.74, 6) is -1.68. The summed E-state index contributed by atoms with van der Waals surface area (Å²) in [5.41, 5.74) is 1.67. The third kappa shape index (κ3) is 6.97. The molecule has 0 aliphatic heterocycles. The van der Waals surface area contributed by atoms with E-state index in [1.807, 2.05) is 83.1 Å². The van der Waals surface area contributed by atoms with Gasteiger partial charge in [-0.05, 0) is 62.0 Å². The van der Waals surface area contributed by atoms with Gasteiger partial charge in [0.15, 0.2) is 0 Å². The molecule has 0 radical (unpaired) electrons. The SMILES string of the molecule is CCOC(=O)[C@H](C(c1cc(C(C)(C)C)c(O)c(C(C)(C)C)c1)c1cc(C(C)(C)C)c(O)c(C(C)(C)C)c1)[N+](=O)[O-]. The van der Waals surface area contributed by atoms with Gasteiger partial charge in [-0.3, -0.25) is 10.1 Å². The van der Waals surface area contributed by atoms with Crippen LogP contribution in [0.5, 0.6) is 11.5 Å². The molecule has 0 aromatic heterocycles. The number of rotatable bonds is 6. The van der Waals surface area contributed by atoms with E-state index in [4.69, 9.17) is 4.74 Å². The molecule has 222 valence electrons. The number of aromatic hydroxyl groups is 2. The van der Waals surface area contributed by atoms with E-state index >= 15 is 0 Å². The number of ether oxygens (including phenoxy) is 1. The molecule has 0 amide bonds. The Morgan fingerprint density at radius 3 is 1.20 bits per heavy atom. The summed E-state index contributed by atoms with van der Waals surface area (Å²) in [6, 6.07) is 5.39. The summed E-state index contributed by atoms with van der Waals surface area (Å²) in [7, 11) is 0. The van der Waals surface area contributed by atoms with Gasteiger partial charge in [-0.25, -0.2) is 4.79 Å². The van der Waals surface area contributed by atoms with Crippen LogP contribution in [0.4, 0.5) is 0 Å². The van der Waals surface area contributed by atoms with E-state index in [1.165, 1.54) is 0 Å². The Balaban J connectivity index is 3.20. The first-order valence-corrected chi connectivity index (χ1v) is 14.0. The molecule has 7 nitrogen and oxygen atoms in total. The lowest BCUT2D eigenvalue weighted by Gasteiger charge is -2.32. The fraction of sp³-hybridized carbons (Fsp3) is 0.606. The fourth-order valence-electron chi connectivity index (χ4n) is 5.09. The van der Waals surface area contributed by atoms with Crippen LogP contribution < -0.4 is 0 Å². The summed E-state index contributed by atoms with van der Waals surface area (Å²) in [6.07, 6.45) is 0. The Bertz CT molecular complexity index is 1110. The van der Waals surface area contributed by atoms with Crippen molar-refractivity contribution in [3.8, 4) is 11.5 Å². The number of phenolic OH excluding ortho intramolecular Hbond substituents is 2. The van der Waals surface area contributed by atoms with Crippen molar-refractivity contribution in [2.45, 2.75) is 124 Å². The van der Waals surface area contributed by atoms with Crippen LogP contribution in [0.1, 0.15) is 129 Å². The van der Waals surface area contributed by atoms with Crippen molar-refractivity contribution in [2.75, 3.05) is 6.61 Å². The van der Waals surface area contributed by atoms with E-state index in [-0.39, 0.29) is 18.1 Å². The third-order valence-electron chi connectivity index (χ3n) is 7.29. The van der Waals surface area contributed by atoms with Gasteiger partial charge in [0.05, 0.1) is 12.5 Å². The lowest BCUT2D eigenvalue weighted by atomic mass is 9.72. The van der Waals surface area contributed by atoms with Crippen molar-refractivity contribution < 1.29 is 24.7 Å². The molecule has 1 atom stereocenters. The first-order valence-electron chi connectivity index (χ1n) is 14.0. The first-order chi connectivity index (χ1) is 17.9. The van der Waals surface area contributed by atoms with Crippen molar-refractivity contribution >= 4 is 5.97 Å². The monoisotopic (exact) mass is 555 g/mol. The zero-order valence-corrected chi connectivity index (χ0v) is 26.6. The Kier molecular flexibility index (Phi) is 9.16. The minimum atomic E-state index is -1.74. The molecule has 7 heteroatoms. The molecule has 0 aliphatic rings. The molecule has 0 saturated heterocycles. The number of benzene rings is 2. The van der Waals surface area contributed by atoms with Crippen LogP contribution in [0, 0.1) is 10.1 Å². The smallest absolute Gasteiger partial charge is 0.382 e. The zero-order chi connectivity index (χ0) is 31.2. The highest BCUT2D eigenvalue weighted by atomic mass is 16.6. The summed E-state index contributed by atoms with van der Waals surface area (Å²) < 4.78 is 5.25. The van der Waals surface area contributed by atoms with Crippen molar-refractivity contribution in [1.82, 2.24) is 0 Å². The number of carbonyl (C=O) groups excluding carboxylic acids is 1. The molecule has 40 heavy (non-hydrogen) atoms. The van der Waals surface area contributed by atoms with Gasteiger partial charge in [0, 0.05) is 4.92 Å². The molecule has 0 spiro atoms. The van der Waals surface area contributed by atoms with Gasteiger partial charge >= 0.3 is 12.0 Å². The summed E-state index contributed by atoms with van der Waals surface area (Å²) in [5, 5.41) is 35.4. The van der Waals surface area contributed by atoms with Gasteiger partial charge in [0.25, 0.3) is 0 Å². The Morgan fingerprint density at radius 1 is 0.725 bits per heavy atom. The van der Waals surface area contributed by atoms with Crippen LogP contribution in [0.3, 0.4) is 0 Å². The Labute approximate surface area is 240 Å². The van der Waals surface area contributed by atoms with E-state index in [9.17, 15) is 25.1 Å². The van der Waals surface area contributed by atoms with E-state index in [0.29, 0.717) is 33.4 Å². The summed E-state index contributed by atoms with van der Waals surface area (Å²) in [4.78, 5) is 25.4. The van der Waals surface area contributed by atoms with Crippen LogP contribution >= 0.6 is 0 Å². The average molecular weight is 556 g/mol. The van der Waals surface area contributed by atoms with Gasteiger partial charge < -0.3 is 14.9 Å². The fourth-order valence-corrected chi connectivity index (χ4v) is 5.09. The van der Waals surface area contributed by atoms with Crippen LogP contribution in [0.15, 0.2) is 24.3 Å². The average Bonchev–Trinajstić information content (AvgIpc) is 2.74. The number of carbonyl (C=O) groups is 1. The molecule has 0 aliphatic carbocycles. The van der Waals surface area contributed by atoms with Gasteiger partial charge in [-0.1, -0.05) is 107 Å². The highest BCUT2D eigenvalue weighted by Gasteiger charge is 2.44. The molecule has 2 aromatic carbocycles. The highest BCUT2D eigenvalue weighted by molar-refractivity contribution is 5.77. The van der Waals surface area contributed by atoms with E-state index < -0.39 is 44.5 Å². The number of esters is 1. The number of hydrogen-bond acceptors (Lipinski definition) is 6. The maximum Gasteiger partial charge on any atom is 0.382 e. The van der Waals surface area contributed by atoms with Crippen molar-refractivity contribution in [2.24, 2.45) is 0 Å². The molecule has 0 saturated carbocycles. The quantitative estimate of drug-likeness (QED) is 0.215. The number of phenols is 2. The predicted octanol–water partition coefficient (Wildman–Crippen LogP) is 7.63. The van der Waals surface area contributed by atoms with Crippen molar-refractivity contribution in [1.29, 1.82) is 0 Å². The molecular weight excluding hydrogens is 506 g/mol. The number of hydrogen-bond donors (Lipinski definition) is 2. The van der Waals surface area contributed by atoms with Crippen LogP contribution in [0.2, 0.25) is 0 Å². The zero-order valence-electron chi connectivity index (χ0n) is 26.6. The minimum Gasteiger partial charge on any atom is -0.507 e. The second-order valence-electron chi connectivity index (χ2n) is 14.9. The summed E-state index contributed by atoms with van der Waals surface area (Å²) in [6.45, 7) is 25.3. The van der Waals surface area contributed by atoms with Gasteiger partial charge in [0.2, 0.25) is 0 Å². The van der Waals surface area contributed by atoms with Crippen LogP contribution in [0.25, 0.3) is 0 Å². The normalized spacial score (nSPS) is 13.8. The second kappa shape index (κ2) is 11.1. The maximum atomic E-state index is 13.3. The molecule has 0 bridgehead atoms. The Hall–Kier alpha value is -3.09. The van der Waals surface area contributed by atoms with Gasteiger partial charge in [-0.15, -0.1) is 0 Å². The molecule has 2 rings (SSSR count). The third-order valence-corrected chi connectivity index (χ3v) is 7.29. The van der Waals surface area contributed by atoms with E-state index in [2.05, 4.69) is 0 Å². The first kappa shape index (κ1) is 33.1. The van der Waals surface area contributed by atoms with Crippen molar-refractivity contribution in [3.05, 3.63) is 67.8 Å². The highest BCUT2D eigenvalue weighted by Crippen LogP contribution is 2.46. The number of nitrogens with zero attached hydrogens (tertiary/aromatic N) is 1. The van der Waals surface area contributed by atoms with E-state index in [1.54, 1.807) is 31.2 Å². The largest absolute Gasteiger partial charge is 0.507 e. The van der Waals surface area contributed by atoms with Gasteiger partial charge in [-0.2, -0.15) is 0 Å². The molecule has 2 N–H and O–H groups in total. The molecule has 0 heterocycles. The van der Waals surface area contributed by atoms with Crippen molar-refractivity contribution in [3.63, 3.8) is 0 Å².